The third-order valence-corrected chi connectivity index (χ3v) is 1.82. The van der Waals surface area contributed by atoms with E-state index in [0.717, 1.165) is 12.0 Å². The molecule has 1 heteroatoms. The Morgan fingerprint density at radius 2 is 1.33 bits per heavy atom. The molecule has 12 heavy (non-hydrogen) atoms. The lowest BCUT2D eigenvalue weighted by molar-refractivity contribution is 0.0787. The van der Waals surface area contributed by atoms with Gasteiger partial charge in [-0.05, 0) is 19.8 Å². The third kappa shape index (κ3) is 5.59. The van der Waals surface area contributed by atoms with Crippen molar-refractivity contribution >= 4 is 0 Å². The molecule has 1 aliphatic heterocycles. The Hall–Kier alpha value is -0.0400. The van der Waals surface area contributed by atoms with Crippen LogP contribution in [0.15, 0.2) is 0 Å². The van der Waals surface area contributed by atoms with Gasteiger partial charge >= 0.3 is 0 Å². The molecule has 0 aliphatic carbocycles. The summed E-state index contributed by atoms with van der Waals surface area (Å²) in [7, 11) is 0. The summed E-state index contributed by atoms with van der Waals surface area (Å²) in [6.45, 7) is 17.5. The van der Waals surface area contributed by atoms with Gasteiger partial charge in [0.2, 0.25) is 0 Å². The second-order valence-electron chi connectivity index (χ2n) is 3.15. The second-order valence-corrected chi connectivity index (χ2v) is 3.15. The van der Waals surface area contributed by atoms with E-state index in [2.05, 4.69) is 25.7 Å². The summed E-state index contributed by atoms with van der Waals surface area (Å²) in [4.78, 5) is 2.49. The van der Waals surface area contributed by atoms with E-state index in [-0.39, 0.29) is 0 Å². The van der Waals surface area contributed by atoms with Crippen molar-refractivity contribution in [2.75, 3.05) is 13.1 Å². The van der Waals surface area contributed by atoms with Crippen LogP contribution < -0.4 is 0 Å². The van der Waals surface area contributed by atoms with Gasteiger partial charge < -0.3 is 4.90 Å². The first-order chi connectivity index (χ1) is 5.70. The van der Waals surface area contributed by atoms with Crippen molar-refractivity contribution in [1.82, 2.24) is 4.90 Å². The van der Waals surface area contributed by atoms with E-state index in [9.17, 15) is 0 Å². The molecule has 1 saturated heterocycles. The molecule has 0 amide bonds. The second kappa shape index (κ2) is 9.05. The normalized spacial score (nSPS) is 17.0. The maximum atomic E-state index is 2.49. The van der Waals surface area contributed by atoms with Crippen molar-refractivity contribution in [1.29, 1.82) is 0 Å². The Morgan fingerprint density at radius 1 is 1.00 bits per heavy atom. The number of nitrogens with zero attached hydrogens (tertiary/aromatic N) is 1. The molecule has 0 radical (unpaired) electrons. The van der Waals surface area contributed by atoms with E-state index < -0.39 is 0 Å². The van der Waals surface area contributed by atoms with Crippen LogP contribution >= 0.6 is 0 Å². The molecule has 1 nitrogen and oxygen atoms in total. The lowest BCUT2D eigenvalue weighted by Crippen LogP contribution is -2.48. The standard InChI is InChI=1S/C7H15N.2C2H6/c1-6(2)8-4-7(3)5-8;2*1-2/h6-7H,4-5H2,1-3H3;2*1-2H3. The highest BCUT2D eigenvalue weighted by atomic mass is 15.2. The lowest BCUT2D eigenvalue weighted by atomic mass is 10.0. The van der Waals surface area contributed by atoms with Crippen LogP contribution in [0.3, 0.4) is 0 Å². The molecule has 1 heterocycles. The van der Waals surface area contributed by atoms with Crippen LogP contribution in [-0.4, -0.2) is 24.0 Å². The van der Waals surface area contributed by atoms with Crippen LogP contribution in [0.5, 0.6) is 0 Å². The van der Waals surface area contributed by atoms with Gasteiger partial charge in [-0.3, -0.25) is 0 Å². The van der Waals surface area contributed by atoms with Gasteiger partial charge in [0, 0.05) is 19.1 Å². The van der Waals surface area contributed by atoms with Crippen molar-refractivity contribution < 1.29 is 0 Å². The molecule has 0 aromatic carbocycles. The Morgan fingerprint density at radius 3 is 1.42 bits per heavy atom. The van der Waals surface area contributed by atoms with Crippen LogP contribution in [0.1, 0.15) is 48.5 Å². The van der Waals surface area contributed by atoms with Crippen molar-refractivity contribution in [2.24, 2.45) is 5.92 Å². The molecule has 0 aromatic heterocycles. The summed E-state index contributed by atoms with van der Waals surface area (Å²) in [6, 6.07) is 0.770. The van der Waals surface area contributed by atoms with E-state index in [0.29, 0.717) is 0 Å². The Balaban J connectivity index is 0. The highest BCUT2D eigenvalue weighted by molar-refractivity contribution is 4.78. The molecule has 1 fully saturated rings. The van der Waals surface area contributed by atoms with Gasteiger partial charge in [-0.1, -0.05) is 34.6 Å². The summed E-state index contributed by atoms with van der Waals surface area (Å²) in [6.07, 6.45) is 0. The van der Waals surface area contributed by atoms with Crippen molar-refractivity contribution in [2.45, 2.75) is 54.5 Å². The van der Waals surface area contributed by atoms with Gasteiger partial charge in [0.15, 0.2) is 0 Å². The number of hydrogen-bond donors (Lipinski definition) is 0. The minimum atomic E-state index is 0.770. The molecule has 0 unspecified atom stereocenters. The molecule has 0 saturated carbocycles. The van der Waals surface area contributed by atoms with E-state index in [1.54, 1.807) is 0 Å². The molecule has 0 N–H and O–H groups in total. The molecule has 0 aromatic rings. The van der Waals surface area contributed by atoms with E-state index in [4.69, 9.17) is 0 Å². The van der Waals surface area contributed by atoms with Crippen LogP contribution in [-0.2, 0) is 0 Å². The number of rotatable bonds is 1. The molecular formula is C11H27N. The zero-order valence-corrected chi connectivity index (χ0v) is 10.0. The van der Waals surface area contributed by atoms with Gasteiger partial charge in [-0.25, -0.2) is 0 Å². The highest BCUT2D eigenvalue weighted by Crippen LogP contribution is 2.16. The zero-order valence-electron chi connectivity index (χ0n) is 10.0. The quantitative estimate of drug-likeness (QED) is 0.587. The topological polar surface area (TPSA) is 3.24 Å². The predicted octanol–water partition coefficient (Wildman–Crippen LogP) is 3.40. The van der Waals surface area contributed by atoms with Crippen LogP contribution in [0, 0.1) is 5.92 Å². The summed E-state index contributed by atoms with van der Waals surface area (Å²) >= 11 is 0. The van der Waals surface area contributed by atoms with E-state index in [1.165, 1.54) is 13.1 Å². The number of likely N-dealkylation sites (tertiary alicyclic amines) is 1. The fourth-order valence-corrected chi connectivity index (χ4v) is 1.17. The van der Waals surface area contributed by atoms with Gasteiger partial charge in [-0.15, -0.1) is 0 Å². The van der Waals surface area contributed by atoms with E-state index >= 15 is 0 Å². The molecule has 76 valence electrons. The first-order valence-corrected chi connectivity index (χ1v) is 5.44. The Bertz CT molecular complexity index is 73.1. The molecular weight excluding hydrogens is 146 g/mol. The fraction of sp³-hybridized carbons (Fsp3) is 1.00. The molecule has 0 spiro atoms. The van der Waals surface area contributed by atoms with Crippen LogP contribution in [0.2, 0.25) is 0 Å². The SMILES string of the molecule is CC.CC.CC1CN(C(C)C)C1. The van der Waals surface area contributed by atoms with Crippen molar-refractivity contribution in [3.05, 3.63) is 0 Å². The lowest BCUT2D eigenvalue weighted by Gasteiger charge is -2.40. The molecule has 0 bridgehead atoms. The molecule has 1 aliphatic rings. The summed E-state index contributed by atoms with van der Waals surface area (Å²) in [5, 5.41) is 0. The minimum absolute atomic E-state index is 0.770. The van der Waals surface area contributed by atoms with Gasteiger partial charge in [0.25, 0.3) is 0 Å². The van der Waals surface area contributed by atoms with Gasteiger partial charge in [-0.2, -0.15) is 0 Å². The van der Waals surface area contributed by atoms with Gasteiger partial charge in [0.05, 0.1) is 0 Å². The molecule has 1 rings (SSSR count). The Kier molecular flexibility index (Phi) is 10.9. The van der Waals surface area contributed by atoms with Crippen LogP contribution in [0.4, 0.5) is 0 Å². The number of hydrogen-bond acceptors (Lipinski definition) is 1. The Labute approximate surface area is 79.2 Å². The summed E-state index contributed by atoms with van der Waals surface area (Å²) < 4.78 is 0. The van der Waals surface area contributed by atoms with E-state index in [1.807, 2.05) is 27.7 Å². The highest BCUT2D eigenvalue weighted by Gasteiger charge is 2.23. The average Bonchev–Trinajstić information content (AvgIpc) is 2.06. The minimum Gasteiger partial charge on any atom is -0.300 e. The monoisotopic (exact) mass is 173 g/mol. The van der Waals surface area contributed by atoms with Crippen LogP contribution in [0.25, 0.3) is 0 Å². The fourth-order valence-electron chi connectivity index (χ4n) is 1.17. The summed E-state index contributed by atoms with van der Waals surface area (Å²) in [5.74, 6) is 0.956. The largest absolute Gasteiger partial charge is 0.300 e. The predicted molar refractivity (Wildman–Crippen MR) is 58.6 cm³/mol. The zero-order chi connectivity index (χ0) is 10.1. The summed E-state index contributed by atoms with van der Waals surface area (Å²) in [5.41, 5.74) is 0. The smallest absolute Gasteiger partial charge is 0.00388 e. The first kappa shape index (κ1) is 14.5. The van der Waals surface area contributed by atoms with Crippen molar-refractivity contribution in [3.63, 3.8) is 0 Å². The third-order valence-electron chi connectivity index (χ3n) is 1.82. The average molecular weight is 173 g/mol. The maximum Gasteiger partial charge on any atom is 0.00388 e. The maximum absolute atomic E-state index is 2.49. The van der Waals surface area contributed by atoms with Gasteiger partial charge in [0.1, 0.15) is 0 Å². The first-order valence-electron chi connectivity index (χ1n) is 5.44. The van der Waals surface area contributed by atoms with Crippen molar-refractivity contribution in [3.8, 4) is 0 Å². The molecule has 0 atom stereocenters.